The largest absolute Gasteiger partial charge is 0.436 e. The lowest BCUT2D eigenvalue weighted by molar-refractivity contribution is -0.139. The highest BCUT2D eigenvalue weighted by molar-refractivity contribution is 5.92. The molecule has 8 heteroatoms. The molecular formula is C19H26N4O4. The number of fused-ring (bicyclic) bond motifs is 2. The van der Waals surface area contributed by atoms with Gasteiger partial charge in [-0.3, -0.25) is 14.9 Å². The molecule has 1 spiro atoms. The Bertz CT molecular complexity index is 766. The number of hydrogen-bond donors (Lipinski definition) is 3. The van der Waals surface area contributed by atoms with Crippen LogP contribution in [0.2, 0.25) is 0 Å². The highest BCUT2D eigenvalue weighted by Crippen LogP contribution is 2.45. The van der Waals surface area contributed by atoms with Crippen molar-refractivity contribution in [3.8, 4) is 0 Å². The topological polar surface area (TPSA) is 114 Å². The number of amides is 3. The summed E-state index contributed by atoms with van der Waals surface area (Å²) in [6.45, 7) is 4.15. The second-order valence-corrected chi connectivity index (χ2v) is 7.61. The summed E-state index contributed by atoms with van der Waals surface area (Å²) < 4.78 is 5.64. The molecular weight excluding hydrogens is 348 g/mol. The number of nitrogens with one attached hydrogen (secondary N) is 2. The number of nitrogens with two attached hydrogens (primary N) is 1. The molecule has 1 aromatic carbocycles. The summed E-state index contributed by atoms with van der Waals surface area (Å²) in [4.78, 5) is 38.8. The summed E-state index contributed by atoms with van der Waals surface area (Å²) in [5, 5.41) is 5.69. The van der Waals surface area contributed by atoms with E-state index in [0.717, 1.165) is 5.56 Å². The molecule has 0 aliphatic carbocycles. The van der Waals surface area contributed by atoms with Gasteiger partial charge in [-0.1, -0.05) is 32.0 Å². The van der Waals surface area contributed by atoms with Crippen LogP contribution in [0.4, 0.5) is 10.5 Å². The van der Waals surface area contributed by atoms with Gasteiger partial charge in [0.25, 0.3) is 0 Å². The first-order chi connectivity index (χ1) is 12.8. The van der Waals surface area contributed by atoms with Crippen LogP contribution < -0.4 is 16.4 Å². The van der Waals surface area contributed by atoms with Gasteiger partial charge in [-0.05, 0) is 25.5 Å². The summed E-state index contributed by atoms with van der Waals surface area (Å²) in [7, 11) is 1.72. The van der Waals surface area contributed by atoms with Crippen LogP contribution in [0.15, 0.2) is 24.3 Å². The van der Waals surface area contributed by atoms with Crippen LogP contribution in [0, 0.1) is 5.92 Å². The van der Waals surface area contributed by atoms with Crippen molar-refractivity contribution in [1.29, 1.82) is 0 Å². The number of primary amides is 1. The average Bonchev–Trinajstić information content (AvgIpc) is 2.99. The third-order valence-electron chi connectivity index (χ3n) is 5.23. The number of para-hydroxylation sites is 1. The van der Waals surface area contributed by atoms with Crippen LogP contribution in [0.25, 0.3) is 0 Å². The Morgan fingerprint density at radius 3 is 2.74 bits per heavy atom. The highest BCUT2D eigenvalue weighted by Gasteiger charge is 2.54. The van der Waals surface area contributed by atoms with Crippen molar-refractivity contribution < 1.29 is 19.1 Å². The molecule has 0 aromatic heterocycles. The average molecular weight is 374 g/mol. The van der Waals surface area contributed by atoms with E-state index in [0.29, 0.717) is 18.0 Å². The number of benzene rings is 1. The zero-order valence-corrected chi connectivity index (χ0v) is 15.8. The smallest absolute Gasteiger partial charge is 0.412 e. The van der Waals surface area contributed by atoms with Crippen molar-refractivity contribution in [2.24, 2.45) is 11.7 Å². The molecule has 2 heterocycles. The van der Waals surface area contributed by atoms with E-state index in [1.54, 1.807) is 19.2 Å². The lowest BCUT2D eigenvalue weighted by Gasteiger charge is -2.35. The number of hydrogen-bond acceptors (Lipinski definition) is 5. The Labute approximate surface area is 158 Å². The van der Waals surface area contributed by atoms with Gasteiger partial charge in [0.1, 0.15) is 6.04 Å². The normalized spacial score (nSPS) is 25.1. The lowest BCUT2D eigenvalue weighted by atomic mass is 9.88. The van der Waals surface area contributed by atoms with Crippen molar-refractivity contribution in [3.63, 3.8) is 0 Å². The minimum Gasteiger partial charge on any atom is -0.436 e. The fourth-order valence-electron chi connectivity index (χ4n) is 4.00. The van der Waals surface area contributed by atoms with Crippen LogP contribution >= 0.6 is 0 Å². The zero-order chi connectivity index (χ0) is 19.8. The molecule has 3 amide bonds. The first kappa shape index (κ1) is 19.2. The Morgan fingerprint density at radius 1 is 1.41 bits per heavy atom. The van der Waals surface area contributed by atoms with Gasteiger partial charge in [-0.2, -0.15) is 0 Å². The predicted molar refractivity (Wildman–Crippen MR) is 99.8 cm³/mol. The van der Waals surface area contributed by atoms with Crippen molar-refractivity contribution >= 4 is 23.6 Å². The zero-order valence-electron chi connectivity index (χ0n) is 15.8. The standard InChI is InChI=1S/C19H26N4O4/c1-11(2)8-14(21-3)17(25)23-10-19(9-15(23)16(20)24)12-6-4-5-7-13(12)22-18(26)27-19/h4-7,11,14-15,21H,8-10H2,1-3H3,(H2,20,24)(H,22,26)/t14?,15-,19-/m0/s1. The van der Waals surface area contributed by atoms with Gasteiger partial charge < -0.3 is 20.7 Å². The van der Waals surface area contributed by atoms with Crippen LogP contribution in [0.1, 0.15) is 32.3 Å². The lowest BCUT2D eigenvalue weighted by Crippen LogP contribution is -2.51. The third-order valence-corrected chi connectivity index (χ3v) is 5.23. The summed E-state index contributed by atoms with van der Waals surface area (Å²) in [5.74, 6) is -0.516. The maximum Gasteiger partial charge on any atom is 0.412 e. The Balaban J connectivity index is 1.97. The van der Waals surface area contributed by atoms with E-state index in [4.69, 9.17) is 10.5 Å². The van der Waals surface area contributed by atoms with Gasteiger partial charge in [-0.25, -0.2) is 4.79 Å². The Hall–Kier alpha value is -2.61. The number of anilines is 1. The van der Waals surface area contributed by atoms with E-state index in [2.05, 4.69) is 10.6 Å². The molecule has 3 rings (SSSR count). The van der Waals surface area contributed by atoms with Crippen LogP contribution in [0.3, 0.4) is 0 Å². The number of carbonyl (C=O) groups excluding carboxylic acids is 3. The van der Waals surface area contributed by atoms with E-state index in [9.17, 15) is 14.4 Å². The molecule has 0 radical (unpaired) electrons. The molecule has 1 saturated heterocycles. The second kappa shape index (κ2) is 7.19. The van der Waals surface area contributed by atoms with Gasteiger partial charge in [0.15, 0.2) is 5.60 Å². The fourth-order valence-corrected chi connectivity index (χ4v) is 4.00. The minimum atomic E-state index is -1.08. The first-order valence-corrected chi connectivity index (χ1v) is 9.14. The molecule has 1 unspecified atom stereocenters. The monoisotopic (exact) mass is 374 g/mol. The molecule has 4 N–H and O–H groups in total. The molecule has 27 heavy (non-hydrogen) atoms. The van der Waals surface area contributed by atoms with Gasteiger partial charge in [0.2, 0.25) is 11.8 Å². The summed E-state index contributed by atoms with van der Waals surface area (Å²) in [6, 6.07) is 5.98. The van der Waals surface area contributed by atoms with E-state index in [1.807, 2.05) is 26.0 Å². The van der Waals surface area contributed by atoms with E-state index in [1.165, 1.54) is 4.90 Å². The van der Waals surface area contributed by atoms with E-state index >= 15 is 0 Å². The van der Waals surface area contributed by atoms with E-state index in [-0.39, 0.29) is 18.9 Å². The molecule has 0 bridgehead atoms. The number of likely N-dealkylation sites (tertiary alicyclic amines) is 1. The van der Waals surface area contributed by atoms with Gasteiger partial charge >= 0.3 is 6.09 Å². The van der Waals surface area contributed by atoms with Crippen molar-refractivity contribution in [1.82, 2.24) is 10.2 Å². The Kier molecular flexibility index (Phi) is 5.10. The second-order valence-electron chi connectivity index (χ2n) is 7.61. The molecule has 8 nitrogen and oxygen atoms in total. The van der Waals surface area contributed by atoms with E-state index < -0.39 is 29.7 Å². The molecule has 1 fully saturated rings. The van der Waals surface area contributed by atoms with Gasteiger partial charge in [0.05, 0.1) is 18.3 Å². The number of carbonyl (C=O) groups is 3. The molecule has 2 aliphatic rings. The van der Waals surface area contributed by atoms with Crippen LogP contribution in [-0.4, -0.2) is 48.5 Å². The predicted octanol–water partition coefficient (Wildman–Crippen LogP) is 1.16. The Morgan fingerprint density at radius 2 is 2.11 bits per heavy atom. The molecule has 1 aromatic rings. The first-order valence-electron chi connectivity index (χ1n) is 9.14. The third kappa shape index (κ3) is 3.49. The SMILES string of the molecule is CNC(CC(C)C)C(=O)N1C[C@]2(C[C@H]1C(N)=O)OC(=O)Nc1ccccc12. The van der Waals surface area contributed by atoms with Crippen molar-refractivity contribution in [2.45, 2.75) is 44.4 Å². The minimum absolute atomic E-state index is 0.0974. The summed E-state index contributed by atoms with van der Waals surface area (Å²) in [5.41, 5.74) is 5.90. The highest BCUT2D eigenvalue weighted by atomic mass is 16.6. The maximum atomic E-state index is 13.1. The van der Waals surface area contributed by atoms with Crippen molar-refractivity contribution in [2.75, 3.05) is 18.9 Å². The fraction of sp³-hybridized carbons (Fsp3) is 0.526. The molecule has 2 aliphatic heterocycles. The quantitative estimate of drug-likeness (QED) is 0.716. The maximum absolute atomic E-state index is 13.1. The van der Waals surface area contributed by atoms with Crippen LogP contribution in [-0.2, 0) is 19.9 Å². The number of rotatable bonds is 5. The van der Waals surface area contributed by atoms with Gasteiger partial charge in [-0.15, -0.1) is 0 Å². The summed E-state index contributed by atoms with van der Waals surface area (Å²) >= 11 is 0. The van der Waals surface area contributed by atoms with Gasteiger partial charge in [0, 0.05) is 12.0 Å². The number of ether oxygens (including phenoxy) is 1. The molecule has 3 atom stereocenters. The molecule has 146 valence electrons. The van der Waals surface area contributed by atoms with Crippen LogP contribution in [0.5, 0.6) is 0 Å². The number of nitrogens with zero attached hydrogens (tertiary/aromatic N) is 1. The van der Waals surface area contributed by atoms with Crippen molar-refractivity contribution in [3.05, 3.63) is 29.8 Å². The molecule has 0 saturated carbocycles. The number of likely N-dealkylation sites (N-methyl/N-ethyl adjacent to an activating group) is 1. The summed E-state index contributed by atoms with van der Waals surface area (Å²) in [6.07, 6.45) is 0.178.